The topological polar surface area (TPSA) is 130 Å². The fourth-order valence-corrected chi connectivity index (χ4v) is 3.61. The molecule has 1 aromatic heterocycles. The van der Waals surface area contributed by atoms with Crippen LogP contribution in [0.2, 0.25) is 0 Å². The molecular weight excluding hydrogens is 384 g/mol. The molecule has 1 amide bonds. The predicted molar refractivity (Wildman–Crippen MR) is 115 cm³/mol. The molecule has 2 aromatic rings. The Morgan fingerprint density at radius 2 is 1.90 bits per heavy atom. The van der Waals surface area contributed by atoms with Gasteiger partial charge in [0.25, 0.3) is 5.91 Å². The number of ether oxygens (including phenoxy) is 2. The molecule has 1 saturated carbocycles. The van der Waals surface area contributed by atoms with Crippen LogP contribution >= 0.6 is 0 Å². The summed E-state index contributed by atoms with van der Waals surface area (Å²) in [5.41, 5.74) is 6.87. The number of nitrogen functional groups attached to an aromatic ring is 1. The third-order valence-electron chi connectivity index (χ3n) is 5.04. The highest BCUT2D eigenvalue weighted by Gasteiger charge is 2.25. The second kappa shape index (κ2) is 8.87. The molecule has 0 saturated heterocycles. The number of carbonyl (C=O) groups excluding carboxylic acids is 2. The largest absolute Gasteiger partial charge is 0.458 e. The number of esters is 1. The molecule has 0 radical (unpaired) electrons. The second-order valence-corrected chi connectivity index (χ2v) is 8.74. The highest BCUT2D eigenvalue weighted by Crippen LogP contribution is 2.23. The van der Waals surface area contributed by atoms with Gasteiger partial charge in [-0.15, -0.1) is 0 Å². The van der Waals surface area contributed by atoms with Crippen LogP contribution in [0.3, 0.4) is 0 Å². The first kappa shape index (κ1) is 21.8. The number of benzene rings is 1. The van der Waals surface area contributed by atoms with Gasteiger partial charge in [0.1, 0.15) is 23.7 Å². The van der Waals surface area contributed by atoms with Crippen LogP contribution in [-0.2, 0) is 14.3 Å². The van der Waals surface area contributed by atoms with Crippen molar-refractivity contribution in [2.24, 2.45) is 5.73 Å². The molecule has 1 aliphatic rings. The van der Waals surface area contributed by atoms with Gasteiger partial charge in [0.15, 0.2) is 0 Å². The van der Waals surface area contributed by atoms with Crippen LogP contribution in [0.15, 0.2) is 24.3 Å². The van der Waals surface area contributed by atoms with Crippen LogP contribution in [0, 0.1) is 5.41 Å². The van der Waals surface area contributed by atoms with E-state index in [-0.39, 0.29) is 36.5 Å². The van der Waals surface area contributed by atoms with Crippen LogP contribution in [0.4, 0.5) is 0 Å². The summed E-state index contributed by atoms with van der Waals surface area (Å²) in [5.74, 6) is -0.526. The fraction of sp³-hybridized carbons (Fsp3) is 0.500. The molecule has 8 nitrogen and oxygen atoms in total. The third kappa shape index (κ3) is 5.82. The van der Waals surface area contributed by atoms with Gasteiger partial charge in [-0.2, -0.15) is 0 Å². The van der Waals surface area contributed by atoms with Crippen LogP contribution in [0.25, 0.3) is 10.9 Å². The lowest BCUT2D eigenvalue weighted by molar-refractivity contribution is -0.162. The Balaban J connectivity index is 1.48. The van der Waals surface area contributed by atoms with Gasteiger partial charge < -0.3 is 25.5 Å². The molecule has 0 atom stereocenters. The van der Waals surface area contributed by atoms with Gasteiger partial charge in [0.05, 0.1) is 6.10 Å². The minimum Gasteiger partial charge on any atom is -0.458 e. The Bertz CT molecular complexity index is 936. The van der Waals surface area contributed by atoms with E-state index in [1.54, 1.807) is 18.2 Å². The molecule has 0 spiro atoms. The molecule has 5 N–H and O–H groups in total. The first-order valence-corrected chi connectivity index (χ1v) is 10.2. The number of nitrogens with two attached hydrogens (primary N) is 1. The summed E-state index contributed by atoms with van der Waals surface area (Å²) in [7, 11) is 0. The first-order chi connectivity index (χ1) is 14.1. The van der Waals surface area contributed by atoms with Crippen molar-refractivity contribution in [2.75, 3.05) is 6.61 Å². The lowest BCUT2D eigenvalue weighted by atomic mass is 9.93. The quantitative estimate of drug-likeness (QED) is 0.328. The van der Waals surface area contributed by atoms with E-state index >= 15 is 0 Å². The number of hydrogen-bond acceptors (Lipinski definition) is 5. The number of amidine groups is 1. The minimum absolute atomic E-state index is 0.00347. The summed E-state index contributed by atoms with van der Waals surface area (Å²) in [6, 6.07) is 7.23. The number of hydrogen-bond donors (Lipinski definition) is 4. The van der Waals surface area contributed by atoms with Gasteiger partial charge in [-0.3, -0.25) is 10.2 Å². The van der Waals surface area contributed by atoms with E-state index < -0.39 is 5.60 Å². The molecule has 162 valence electrons. The maximum Gasteiger partial charge on any atom is 0.332 e. The van der Waals surface area contributed by atoms with E-state index in [1.165, 1.54) is 0 Å². The zero-order valence-corrected chi connectivity index (χ0v) is 17.7. The van der Waals surface area contributed by atoms with E-state index in [9.17, 15) is 9.59 Å². The predicted octanol–water partition coefficient (Wildman–Crippen LogP) is 2.85. The van der Waals surface area contributed by atoms with E-state index in [4.69, 9.17) is 20.6 Å². The smallest absolute Gasteiger partial charge is 0.332 e. The number of carbonyl (C=O) groups is 2. The SMILES string of the molecule is CC(C)(C)OC(=O)COC1CCC(NC(=O)c2cc3ccc(C(=N)N)cc3[nH]2)CC1. The van der Waals surface area contributed by atoms with E-state index in [2.05, 4.69) is 10.3 Å². The van der Waals surface area contributed by atoms with Crippen LogP contribution in [0.1, 0.15) is 62.5 Å². The molecule has 0 unspecified atom stereocenters. The van der Waals surface area contributed by atoms with Crippen molar-refractivity contribution in [1.29, 1.82) is 5.41 Å². The van der Waals surface area contributed by atoms with Crippen molar-refractivity contribution in [3.05, 3.63) is 35.5 Å². The summed E-state index contributed by atoms with van der Waals surface area (Å²) in [6.45, 7) is 5.44. The first-order valence-electron chi connectivity index (χ1n) is 10.2. The van der Waals surface area contributed by atoms with Crippen molar-refractivity contribution >= 4 is 28.6 Å². The van der Waals surface area contributed by atoms with Gasteiger partial charge in [-0.25, -0.2) is 4.79 Å². The minimum atomic E-state index is -0.515. The Morgan fingerprint density at radius 1 is 1.20 bits per heavy atom. The molecule has 1 aliphatic carbocycles. The number of aromatic nitrogens is 1. The summed E-state index contributed by atoms with van der Waals surface area (Å²) in [5, 5.41) is 11.5. The highest BCUT2D eigenvalue weighted by molar-refractivity contribution is 6.01. The van der Waals surface area contributed by atoms with Crippen LogP contribution in [0.5, 0.6) is 0 Å². The Kier molecular flexibility index (Phi) is 6.45. The average molecular weight is 415 g/mol. The Labute approximate surface area is 176 Å². The molecule has 3 rings (SSSR count). The lowest BCUT2D eigenvalue weighted by Crippen LogP contribution is -2.39. The van der Waals surface area contributed by atoms with Gasteiger partial charge in [0, 0.05) is 22.5 Å². The summed E-state index contributed by atoms with van der Waals surface area (Å²) >= 11 is 0. The van der Waals surface area contributed by atoms with Gasteiger partial charge in [-0.1, -0.05) is 12.1 Å². The van der Waals surface area contributed by atoms with Crippen molar-refractivity contribution in [2.45, 2.75) is 64.2 Å². The zero-order chi connectivity index (χ0) is 21.9. The molecule has 8 heteroatoms. The van der Waals surface area contributed by atoms with Crippen molar-refractivity contribution < 1.29 is 19.1 Å². The average Bonchev–Trinajstić information content (AvgIpc) is 3.09. The van der Waals surface area contributed by atoms with E-state index in [1.807, 2.05) is 26.8 Å². The zero-order valence-electron chi connectivity index (χ0n) is 17.7. The standard InChI is InChI=1S/C22H30N4O4/c1-22(2,3)30-19(27)12-29-16-8-6-15(7-9-16)25-21(28)18-10-13-4-5-14(20(23)24)11-17(13)26-18/h4-5,10-11,15-16,26H,6-9,12H2,1-3H3,(H3,23,24)(H,25,28). The van der Waals surface area contributed by atoms with Gasteiger partial charge in [0.2, 0.25) is 0 Å². The normalized spacial score (nSPS) is 19.4. The molecular formula is C22H30N4O4. The van der Waals surface area contributed by atoms with E-state index in [0.29, 0.717) is 11.3 Å². The summed E-state index contributed by atoms with van der Waals surface area (Å²) in [4.78, 5) is 27.5. The third-order valence-corrected chi connectivity index (χ3v) is 5.04. The fourth-order valence-electron chi connectivity index (χ4n) is 3.61. The van der Waals surface area contributed by atoms with Crippen LogP contribution in [-0.4, -0.2) is 47.0 Å². The Hall–Kier alpha value is -2.87. The Morgan fingerprint density at radius 3 is 2.53 bits per heavy atom. The van der Waals surface area contributed by atoms with Crippen molar-refractivity contribution in [3.8, 4) is 0 Å². The monoisotopic (exact) mass is 414 g/mol. The highest BCUT2D eigenvalue weighted by atomic mass is 16.6. The van der Waals surface area contributed by atoms with E-state index in [0.717, 1.165) is 36.6 Å². The maximum absolute atomic E-state index is 12.6. The number of rotatable bonds is 6. The van der Waals surface area contributed by atoms with Gasteiger partial charge in [-0.05, 0) is 58.6 Å². The molecule has 30 heavy (non-hydrogen) atoms. The lowest BCUT2D eigenvalue weighted by Gasteiger charge is -2.29. The maximum atomic E-state index is 12.6. The second-order valence-electron chi connectivity index (χ2n) is 8.74. The molecule has 1 heterocycles. The number of H-pyrrole nitrogens is 1. The number of amides is 1. The molecule has 0 aliphatic heterocycles. The van der Waals surface area contributed by atoms with Gasteiger partial charge >= 0.3 is 5.97 Å². The van der Waals surface area contributed by atoms with Crippen LogP contribution < -0.4 is 11.1 Å². The number of nitrogens with one attached hydrogen (secondary N) is 3. The number of aromatic amines is 1. The van der Waals surface area contributed by atoms with Crippen molar-refractivity contribution in [1.82, 2.24) is 10.3 Å². The van der Waals surface area contributed by atoms with Crippen molar-refractivity contribution in [3.63, 3.8) is 0 Å². The molecule has 1 aromatic carbocycles. The summed E-state index contributed by atoms with van der Waals surface area (Å²) in [6.07, 6.45) is 3.15. The summed E-state index contributed by atoms with van der Waals surface area (Å²) < 4.78 is 10.9. The molecule has 1 fully saturated rings. The number of fused-ring (bicyclic) bond motifs is 1. The molecule has 0 bridgehead atoms.